The summed E-state index contributed by atoms with van der Waals surface area (Å²) in [6, 6.07) is 27.5. The number of hydrogen-bond acceptors (Lipinski definition) is 3. The molecular formula is C24H26N4. The highest BCUT2D eigenvalue weighted by Crippen LogP contribution is 2.25. The van der Waals surface area contributed by atoms with E-state index in [0.717, 1.165) is 30.0 Å². The van der Waals surface area contributed by atoms with E-state index in [1.165, 1.54) is 11.3 Å². The van der Waals surface area contributed by atoms with Crippen LogP contribution in [0.2, 0.25) is 0 Å². The van der Waals surface area contributed by atoms with Crippen LogP contribution in [0.3, 0.4) is 0 Å². The molecule has 2 heterocycles. The fourth-order valence-electron chi connectivity index (χ4n) is 3.60. The lowest BCUT2D eigenvalue weighted by Gasteiger charge is -2.23. The molecule has 4 nitrogen and oxygen atoms in total. The average molecular weight is 371 g/mol. The SMILES string of the molecule is CN(C)CC(NCc1c(-c2ccccc2)nc2ccccn12)c1ccccc1. The quantitative estimate of drug-likeness (QED) is 0.524. The number of pyridine rings is 1. The van der Waals surface area contributed by atoms with Crippen LogP contribution in [-0.4, -0.2) is 34.9 Å². The zero-order valence-corrected chi connectivity index (χ0v) is 16.4. The average Bonchev–Trinajstić information content (AvgIpc) is 3.11. The van der Waals surface area contributed by atoms with Gasteiger partial charge >= 0.3 is 0 Å². The highest BCUT2D eigenvalue weighted by molar-refractivity contribution is 5.66. The number of nitrogens with one attached hydrogen (secondary N) is 1. The first-order valence-corrected chi connectivity index (χ1v) is 9.67. The van der Waals surface area contributed by atoms with Gasteiger partial charge in [-0.25, -0.2) is 4.98 Å². The fraction of sp³-hybridized carbons (Fsp3) is 0.208. The van der Waals surface area contributed by atoms with Gasteiger partial charge in [0.1, 0.15) is 5.65 Å². The summed E-state index contributed by atoms with van der Waals surface area (Å²) in [6.07, 6.45) is 2.09. The molecule has 1 unspecified atom stereocenters. The van der Waals surface area contributed by atoms with Crippen molar-refractivity contribution in [1.82, 2.24) is 19.6 Å². The van der Waals surface area contributed by atoms with Crippen LogP contribution in [0, 0.1) is 0 Å². The minimum atomic E-state index is 0.245. The van der Waals surface area contributed by atoms with Gasteiger partial charge in [0.2, 0.25) is 0 Å². The van der Waals surface area contributed by atoms with Crippen LogP contribution in [0.4, 0.5) is 0 Å². The Balaban J connectivity index is 1.68. The van der Waals surface area contributed by atoms with Crippen molar-refractivity contribution in [1.29, 1.82) is 0 Å². The molecular weight excluding hydrogens is 344 g/mol. The number of nitrogens with zero attached hydrogens (tertiary/aromatic N) is 3. The van der Waals surface area contributed by atoms with E-state index < -0.39 is 0 Å². The Bertz CT molecular complexity index is 1020. The van der Waals surface area contributed by atoms with Gasteiger partial charge in [-0.3, -0.25) is 0 Å². The Labute approximate surface area is 166 Å². The summed E-state index contributed by atoms with van der Waals surface area (Å²) in [5.41, 5.74) is 5.64. The van der Waals surface area contributed by atoms with E-state index in [1.54, 1.807) is 0 Å². The lowest BCUT2D eigenvalue weighted by molar-refractivity contribution is 0.340. The van der Waals surface area contributed by atoms with Crippen LogP contribution < -0.4 is 5.32 Å². The highest BCUT2D eigenvalue weighted by Gasteiger charge is 2.17. The van der Waals surface area contributed by atoms with Crippen LogP contribution in [0.1, 0.15) is 17.3 Å². The number of benzene rings is 2. The molecule has 4 aromatic rings. The molecule has 0 aliphatic rings. The number of fused-ring (bicyclic) bond motifs is 1. The summed E-state index contributed by atoms with van der Waals surface area (Å²) in [6.45, 7) is 1.67. The van der Waals surface area contributed by atoms with Crippen LogP contribution in [-0.2, 0) is 6.54 Å². The Morgan fingerprint density at radius 2 is 1.57 bits per heavy atom. The van der Waals surface area contributed by atoms with E-state index in [0.29, 0.717) is 0 Å². The van der Waals surface area contributed by atoms with E-state index in [4.69, 9.17) is 4.98 Å². The molecule has 1 N–H and O–H groups in total. The molecule has 0 bridgehead atoms. The number of likely N-dealkylation sites (N-methyl/N-ethyl adjacent to an activating group) is 1. The Hall–Kier alpha value is -2.95. The topological polar surface area (TPSA) is 32.6 Å². The number of rotatable bonds is 7. The minimum Gasteiger partial charge on any atom is -0.308 e. The third-order valence-corrected chi connectivity index (χ3v) is 4.94. The first kappa shape index (κ1) is 18.4. The van der Waals surface area contributed by atoms with E-state index >= 15 is 0 Å². The molecule has 0 saturated carbocycles. The fourth-order valence-corrected chi connectivity index (χ4v) is 3.60. The first-order chi connectivity index (χ1) is 13.7. The molecule has 0 saturated heterocycles. The maximum Gasteiger partial charge on any atom is 0.137 e. The van der Waals surface area contributed by atoms with E-state index in [9.17, 15) is 0 Å². The summed E-state index contributed by atoms with van der Waals surface area (Å²) in [5, 5.41) is 3.77. The van der Waals surface area contributed by atoms with E-state index in [2.05, 4.69) is 102 Å². The molecule has 0 aliphatic heterocycles. The van der Waals surface area contributed by atoms with Crippen molar-refractivity contribution in [3.8, 4) is 11.3 Å². The second-order valence-electron chi connectivity index (χ2n) is 7.31. The molecule has 4 rings (SSSR count). The van der Waals surface area contributed by atoms with Gasteiger partial charge in [-0.2, -0.15) is 0 Å². The third kappa shape index (κ3) is 3.98. The van der Waals surface area contributed by atoms with Gasteiger partial charge in [0, 0.05) is 30.9 Å². The van der Waals surface area contributed by atoms with Crippen LogP contribution in [0.5, 0.6) is 0 Å². The summed E-state index contributed by atoms with van der Waals surface area (Å²) < 4.78 is 2.19. The molecule has 0 amide bonds. The van der Waals surface area contributed by atoms with Gasteiger partial charge in [0.25, 0.3) is 0 Å². The maximum absolute atomic E-state index is 4.91. The zero-order valence-electron chi connectivity index (χ0n) is 16.4. The maximum atomic E-state index is 4.91. The van der Waals surface area contributed by atoms with Crippen LogP contribution >= 0.6 is 0 Å². The third-order valence-electron chi connectivity index (χ3n) is 4.94. The van der Waals surface area contributed by atoms with Gasteiger partial charge in [0.05, 0.1) is 11.4 Å². The molecule has 2 aromatic carbocycles. The molecule has 0 spiro atoms. The van der Waals surface area contributed by atoms with Crippen molar-refractivity contribution >= 4 is 5.65 Å². The van der Waals surface area contributed by atoms with Gasteiger partial charge in [-0.15, -0.1) is 0 Å². The second kappa shape index (κ2) is 8.38. The lowest BCUT2D eigenvalue weighted by Crippen LogP contribution is -2.31. The Morgan fingerprint density at radius 3 is 2.29 bits per heavy atom. The van der Waals surface area contributed by atoms with Gasteiger partial charge in [-0.1, -0.05) is 66.7 Å². The molecule has 2 aromatic heterocycles. The Kier molecular flexibility index (Phi) is 5.51. The zero-order chi connectivity index (χ0) is 19.3. The van der Waals surface area contributed by atoms with Gasteiger partial charge in [-0.05, 0) is 31.8 Å². The van der Waals surface area contributed by atoms with Crippen LogP contribution in [0.15, 0.2) is 85.1 Å². The molecule has 0 aliphatic carbocycles. The monoisotopic (exact) mass is 370 g/mol. The van der Waals surface area contributed by atoms with Crippen molar-refractivity contribution in [3.63, 3.8) is 0 Å². The minimum absolute atomic E-state index is 0.245. The van der Waals surface area contributed by atoms with Crippen molar-refractivity contribution in [2.45, 2.75) is 12.6 Å². The first-order valence-electron chi connectivity index (χ1n) is 9.67. The molecule has 1 atom stereocenters. The van der Waals surface area contributed by atoms with Crippen LogP contribution in [0.25, 0.3) is 16.9 Å². The standard InChI is InChI=1S/C24H26N4/c1-27(2)18-21(19-11-5-3-6-12-19)25-17-22-24(20-13-7-4-8-14-20)26-23-15-9-10-16-28(22)23/h3-16,21,25H,17-18H2,1-2H3. The Morgan fingerprint density at radius 1 is 0.893 bits per heavy atom. The highest BCUT2D eigenvalue weighted by atomic mass is 15.1. The predicted molar refractivity (Wildman–Crippen MR) is 115 cm³/mol. The summed E-state index contributed by atoms with van der Waals surface area (Å²) in [4.78, 5) is 7.13. The molecule has 142 valence electrons. The largest absolute Gasteiger partial charge is 0.308 e. The molecule has 28 heavy (non-hydrogen) atoms. The smallest absolute Gasteiger partial charge is 0.137 e. The molecule has 4 heteroatoms. The van der Waals surface area contributed by atoms with Crippen molar-refractivity contribution in [3.05, 3.63) is 96.3 Å². The van der Waals surface area contributed by atoms with Crippen molar-refractivity contribution in [2.24, 2.45) is 0 Å². The van der Waals surface area contributed by atoms with Crippen molar-refractivity contribution in [2.75, 3.05) is 20.6 Å². The van der Waals surface area contributed by atoms with E-state index in [1.807, 2.05) is 12.1 Å². The second-order valence-corrected chi connectivity index (χ2v) is 7.31. The summed E-state index contributed by atoms with van der Waals surface area (Å²) >= 11 is 0. The molecule has 0 radical (unpaired) electrons. The number of hydrogen-bond donors (Lipinski definition) is 1. The lowest BCUT2D eigenvalue weighted by atomic mass is 10.1. The van der Waals surface area contributed by atoms with Gasteiger partial charge in [0.15, 0.2) is 0 Å². The van der Waals surface area contributed by atoms with E-state index in [-0.39, 0.29) is 6.04 Å². The predicted octanol–water partition coefficient (Wildman–Crippen LogP) is 4.39. The number of aromatic nitrogens is 2. The number of imidazole rings is 1. The van der Waals surface area contributed by atoms with Crippen molar-refractivity contribution < 1.29 is 0 Å². The summed E-state index contributed by atoms with van der Waals surface area (Å²) in [5.74, 6) is 0. The molecule has 0 fully saturated rings. The summed E-state index contributed by atoms with van der Waals surface area (Å²) in [7, 11) is 4.22. The normalized spacial score (nSPS) is 12.5. The van der Waals surface area contributed by atoms with Gasteiger partial charge < -0.3 is 14.6 Å².